The van der Waals surface area contributed by atoms with E-state index in [4.69, 9.17) is 10.1 Å². The first kappa shape index (κ1) is 8.88. The molecule has 3 N–H and O–H groups in total. The normalized spacial score (nSPS) is 3.60. The summed E-state index contributed by atoms with van der Waals surface area (Å²) in [6.07, 6.45) is 0. The Labute approximate surface area is 39.2 Å². The van der Waals surface area contributed by atoms with Gasteiger partial charge < -0.3 is 0 Å². The summed E-state index contributed by atoms with van der Waals surface area (Å²) < 4.78 is 4.43. The fourth-order valence-electron chi connectivity index (χ4n) is 0. The summed E-state index contributed by atoms with van der Waals surface area (Å²) in [5.74, 6) is 0. The second-order valence-corrected chi connectivity index (χ2v) is 0.0833. The van der Waals surface area contributed by atoms with E-state index in [1.165, 1.54) is 0 Å². The third kappa shape index (κ3) is 56700. The van der Waals surface area contributed by atoms with Gasteiger partial charge in [0, 0.05) is 5.34 Å². The van der Waals surface area contributed by atoms with Crippen molar-refractivity contribution in [2.24, 2.45) is 4.48 Å². The second-order valence-electron chi connectivity index (χ2n) is 0.0833. The number of nitrogens with one attached hydrogen (secondary N) is 1. The maximum atomic E-state index is 8.12. The molecular formula is H3N2O2Ru. The predicted octanol–water partition coefficient (Wildman–Crippen LogP) is -2.26. The SMILES string of the molecule is O=[NH+][O-].[NH2][Ru]. The van der Waals surface area contributed by atoms with E-state index in [1.807, 2.05) is 18.5 Å². The van der Waals surface area contributed by atoms with Gasteiger partial charge in [-0.25, -0.2) is 0 Å². The van der Waals surface area contributed by atoms with Gasteiger partial charge in [0.15, 0.2) is 0 Å². The first-order valence-electron chi connectivity index (χ1n) is 0.612. The molecule has 0 saturated heterocycles. The van der Waals surface area contributed by atoms with Crippen molar-refractivity contribution in [1.82, 2.24) is 0 Å². The molecule has 0 fully saturated rings. The molecule has 0 amide bonds. The average Bonchev–Trinajstić information content (AvgIpc) is 1.46. The van der Waals surface area contributed by atoms with Gasteiger partial charge in [-0.15, -0.1) is 0 Å². The maximum absolute atomic E-state index is 8.12. The molecule has 4 nitrogen and oxygen atoms in total. The summed E-state index contributed by atoms with van der Waals surface area (Å²) in [5, 5.41) is 8.38. The van der Waals surface area contributed by atoms with E-state index in [2.05, 4.69) is 4.48 Å². The van der Waals surface area contributed by atoms with Crippen LogP contribution in [0.1, 0.15) is 0 Å². The third-order valence-corrected chi connectivity index (χ3v) is 0. The van der Waals surface area contributed by atoms with Crippen LogP contribution in [0.15, 0.2) is 0 Å². The molecule has 5 heteroatoms. The van der Waals surface area contributed by atoms with Crippen molar-refractivity contribution in [2.75, 3.05) is 0 Å². The summed E-state index contributed by atoms with van der Waals surface area (Å²) in [6.45, 7) is 0. The zero-order valence-corrected chi connectivity index (χ0v) is 3.99. The molecule has 0 rings (SSSR count). The summed E-state index contributed by atoms with van der Waals surface area (Å²) >= 11 is 1.85. The van der Waals surface area contributed by atoms with E-state index in [9.17, 15) is 0 Å². The molecule has 0 atom stereocenters. The van der Waals surface area contributed by atoms with Crippen molar-refractivity contribution in [3.63, 3.8) is 0 Å². The van der Waals surface area contributed by atoms with Crippen LogP contribution >= 0.6 is 0 Å². The molecule has 0 radical (unpaired) electrons. The van der Waals surface area contributed by atoms with Gasteiger partial charge in [0.1, 0.15) is 0 Å². The van der Waals surface area contributed by atoms with E-state index in [0.717, 1.165) is 0 Å². The van der Waals surface area contributed by atoms with Crippen molar-refractivity contribution in [1.29, 1.82) is 0 Å². The first-order chi connectivity index (χ1) is 2.41. The molecule has 0 bridgehead atoms. The van der Waals surface area contributed by atoms with Crippen LogP contribution < -0.4 is 9.82 Å². The fraction of sp³-hybridized carbons (Fsp3) is 0. The molecule has 0 aromatic rings. The summed E-state index contributed by atoms with van der Waals surface area (Å²) in [4.78, 5) is 8.12. The molecule has 0 aliphatic rings. The number of hydrogen-bond donors (Lipinski definition) is 2. The topological polar surface area (TPSA) is 80.1 Å². The van der Waals surface area contributed by atoms with Crippen molar-refractivity contribution < 1.29 is 23.9 Å². The molecule has 5 heavy (non-hydrogen) atoms. The van der Waals surface area contributed by atoms with Crippen LogP contribution in [0.5, 0.6) is 0 Å². The van der Waals surface area contributed by atoms with E-state index in [-0.39, 0.29) is 5.34 Å². The second kappa shape index (κ2) is 36.7. The van der Waals surface area contributed by atoms with Crippen molar-refractivity contribution >= 4 is 0 Å². The van der Waals surface area contributed by atoms with Crippen LogP contribution in [0.2, 0.25) is 0 Å². The van der Waals surface area contributed by atoms with Gasteiger partial charge in [-0.3, -0.25) is 10.1 Å². The van der Waals surface area contributed by atoms with Gasteiger partial charge in [0.25, 0.3) is 0 Å². The zero-order chi connectivity index (χ0) is 4.71. The van der Waals surface area contributed by atoms with Crippen LogP contribution in [-0.2, 0) is 18.5 Å². The van der Waals surface area contributed by atoms with Crippen molar-refractivity contribution in [3.8, 4) is 0 Å². The van der Waals surface area contributed by atoms with Gasteiger partial charge in [-0.1, -0.05) is 0 Å². The number of hydrogen-bond acceptors (Lipinski definition) is 3. The van der Waals surface area contributed by atoms with E-state index in [0.29, 0.717) is 0 Å². The molecule has 0 aromatic carbocycles. The van der Waals surface area contributed by atoms with Gasteiger partial charge >= 0.3 is 23.0 Å². The predicted molar refractivity (Wildman–Crippen MR) is 11.9 cm³/mol. The van der Waals surface area contributed by atoms with Crippen LogP contribution in [0.3, 0.4) is 0 Å². The molecule has 0 unspecified atom stereocenters. The Morgan fingerprint density at radius 2 is 1.80 bits per heavy atom. The van der Waals surface area contributed by atoms with E-state index in [1.54, 1.807) is 0 Å². The number of nitrogens with two attached hydrogens (primary N) is 1. The third-order valence-electron chi connectivity index (χ3n) is 0. The van der Waals surface area contributed by atoms with Crippen LogP contribution in [0.25, 0.3) is 0 Å². The zero-order valence-electron chi connectivity index (χ0n) is 2.25. The van der Waals surface area contributed by atoms with Crippen LogP contribution in [-0.4, -0.2) is 0 Å². The molecular weight excluding hydrogens is 161 g/mol. The minimum atomic E-state index is 0.250. The standard InChI is InChI=1S/HNO2.H2N.Ru/c2-1-3;;/h1H;1H2;/q;-1;+1. The van der Waals surface area contributed by atoms with Gasteiger partial charge in [-0.05, 0) is 0 Å². The summed E-state index contributed by atoms with van der Waals surface area (Å²) in [7, 11) is 0. The van der Waals surface area contributed by atoms with Crippen LogP contribution in [0, 0.1) is 10.1 Å². The molecule has 33 valence electrons. The van der Waals surface area contributed by atoms with Crippen LogP contribution in [0.4, 0.5) is 0 Å². The molecule has 0 heterocycles. The van der Waals surface area contributed by atoms with Gasteiger partial charge in [0.2, 0.25) is 0 Å². The first-order valence-corrected chi connectivity index (χ1v) is 1.62. The van der Waals surface area contributed by atoms with Gasteiger partial charge in [-0.2, -0.15) is 0 Å². The molecule has 0 spiro atoms. The minimum absolute atomic E-state index is 0.250. The Balaban J connectivity index is 0. The van der Waals surface area contributed by atoms with Crippen molar-refractivity contribution in [3.05, 3.63) is 10.1 Å². The quantitative estimate of drug-likeness (QED) is 0.241. The monoisotopic (exact) mass is 165 g/mol. The Hall–Kier alpha value is -0.0166. The Bertz CT molecular complexity index is 15.1. The van der Waals surface area contributed by atoms with Gasteiger partial charge in [0.05, 0.1) is 0 Å². The summed E-state index contributed by atoms with van der Waals surface area (Å²) in [5.41, 5.74) is 0. The Morgan fingerprint density at radius 3 is 1.80 bits per heavy atom. The molecule has 0 aliphatic carbocycles. The Morgan fingerprint density at radius 1 is 1.80 bits per heavy atom. The molecule has 0 aliphatic heterocycles. The Kier molecular flexibility index (Phi) is 65.1. The fourth-order valence-corrected chi connectivity index (χ4v) is 0. The summed E-state index contributed by atoms with van der Waals surface area (Å²) in [6, 6.07) is 0. The van der Waals surface area contributed by atoms with E-state index < -0.39 is 0 Å². The molecule has 0 aromatic heterocycles. The van der Waals surface area contributed by atoms with E-state index >= 15 is 0 Å². The number of rotatable bonds is 0. The molecule has 0 saturated carbocycles. The van der Waals surface area contributed by atoms with Crippen molar-refractivity contribution in [2.45, 2.75) is 0 Å². The average molecular weight is 164 g/mol.